The third-order valence-electron chi connectivity index (χ3n) is 2.87. The number of anilines is 1. The van der Waals surface area contributed by atoms with E-state index in [1.165, 1.54) is 0 Å². The Hall–Kier alpha value is -1.53. The number of aliphatic hydroxyl groups is 1. The highest BCUT2D eigenvalue weighted by atomic mass is 16.3. The monoisotopic (exact) mass is 202 g/mol. The average molecular weight is 202 g/mol. The van der Waals surface area contributed by atoms with Gasteiger partial charge in [-0.05, 0) is 31.4 Å². The Kier molecular flexibility index (Phi) is 2.89. The van der Waals surface area contributed by atoms with Gasteiger partial charge in [-0.2, -0.15) is 5.26 Å². The zero-order valence-corrected chi connectivity index (χ0v) is 8.48. The van der Waals surface area contributed by atoms with Gasteiger partial charge in [0, 0.05) is 0 Å². The lowest BCUT2D eigenvalue weighted by molar-refractivity contribution is 0.172. The summed E-state index contributed by atoms with van der Waals surface area (Å²) in [6.45, 7) is 0. The fraction of sp³-hybridized carbons (Fsp3) is 0.417. The van der Waals surface area contributed by atoms with Crippen LogP contribution in [0.1, 0.15) is 24.8 Å². The first kappa shape index (κ1) is 10.0. The van der Waals surface area contributed by atoms with Crippen molar-refractivity contribution in [2.45, 2.75) is 31.4 Å². The molecule has 2 atom stereocenters. The summed E-state index contributed by atoms with van der Waals surface area (Å²) in [7, 11) is 0. The van der Waals surface area contributed by atoms with Gasteiger partial charge in [-0.1, -0.05) is 12.1 Å². The number of aliphatic hydroxyl groups excluding tert-OH is 1. The second-order valence-corrected chi connectivity index (χ2v) is 3.91. The number of nitrogens with zero attached hydrogens (tertiary/aromatic N) is 1. The van der Waals surface area contributed by atoms with Crippen LogP contribution in [0.15, 0.2) is 24.3 Å². The Morgan fingerprint density at radius 1 is 1.33 bits per heavy atom. The van der Waals surface area contributed by atoms with Crippen molar-refractivity contribution in [3.63, 3.8) is 0 Å². The summed E-state index contributed by atoms with van der Waals surface area (Å²) in [5, 5.41) is 21.8. The van der Waals surface area contributed by atoms with Gasteiger partial charge in [0.15, 0.2) is 0 Å². The summed E-state index contributed by atoms with van der Waals surface area (Å²) in [5.41, 5.74) is 1.46. The molecule has 0 aliphatic heterocycles. The first-order chi connectivity index (χ1) is 7.31. The zero-order valence-electron chi connectivity index (χ0n) is 8.48. The van der Waals surface area contributed by atoms with Crippen LogP contribution in [-0.4, -0.2) is 17.3 Å². The molecule has 15 heavy (non-hydrogen) atoms. The molecule has 1 saturated carbocycles. The van der Waals surface area contributed by atoms with Gasteiger partial charge in [0.2, 0.25) is 0 Å². The molecule has 3 nitrogen and oxygen atoms in total. The van der Waals surface area contributed by atoms with Crippen LogP contribution in [0.3, 0.4) is 0 Å². The molecule has 0 saturated heterocycles. The standard InChI is InChI=1S/C12H14N2O/c13-8-9-4-1-2-5-10(9)14-11-6-3-7-12(11)15/h1-2,4-5,11-12,14-15H,3,6-7H2. The molecule has 2 N–H and O–H groups in total. The molecule has 0 spiro atoms. The predicted octanol–water partition coefficient (Wildman–Crippen LogP) is 1.88. The van der Waals surface area contributed by atoms with Crippen LogP contribution >= 0.6 is 0 Å². The molecule has 1 aromatic rings. The van der Waals surface area contributed by atoms with Gasteiger partial charge < -0.3 is 10.4 Å². The van der Waals surface area contributed by atoms with Crippen molar-refractivity contribution in [1.82, 2.24) is 0 Å². The van der Waals surface area contributed by atoms with Crippen molar-refractivity contribution in [2.24, 2.45) is 0 Å². The van der Waals surface area contributed by atoms with Gasteiger partial charge in [0.25, 0.3) is 0 Å². The topological polar surface area (TPSA) is 56.0 Å². The van der Waals surface area contributed by atoms with Crippen LogP contribution in [-0.2, 0) is 0 Å². The van der Waals surface area contributed by atoms with Crippen LogP contribution in [0.2, 0.25) is 0 Å². The van der Waals surface area contributed by atoms with Crippen LogP contribution < -0.4 is 5.32 Å². The van der Waals surface area contributed by atoms with Crippen LogP contribution in [0.4, 0.5) is 5.69 Å². The number of hydrogen-bond acceptors (Lipinski definition) is 3. The Bertz CT molecular complexity index is 383. The van der Waals surface area contributed by atoms with E-state index >= 15 is 0 Å². The van der Waals surface area contributed by atoms with Gasteiger partial charge in [0.1, 0.15) is 6.07 Å². The molecule has 1 aliphatic rings. The molecular formula is C12H14N2O. The highest BCUT2D eigenvalue weighted by Gasteiger charge is 2.25. The lowest BCUT2D eigenvalue weighted by Crippen LogP contribution is -2.28. The van der Waals surface area contributed by atoms with Crippen molar-refractivity contribution < 1.29 is 5.11 Å². The largest absolute Gasteiger partial charge is 0.391 e. The minimum atomic E-state index is -0.281. The van der Waals surface area contributed by atoms with Crippen molar-refractivity contribution in [2.75, 3.05) is 5.32 Å². The maximum atomic E-state index is 9.67. The highest BCUT2D eigenvalue weighted by Crippen LogP contribution is 2.24. The summed E-state index contributed by atoms with van der Waals surface area (Å²) in [6.07, 6.45) is 2.60. The Labute approximate surface area is 89.4 Å². The Morgan fingerprint density at radius 2 is 2.13 bits per heavy atom. The summed E-state index contributed by atoms with van der Waals surface area (Å²) < 4.78 is 0. The van der Waals surface area contributed by atoms with Crippen molar-refractivity contribution in [3.8, 4) is 6.07 Å². The van der Waals surface area contributed by atoms with E-state index in [4.69, 9.17) is 5.26 Å². The van der Waals surface area contributed by atoms with Crippen molar-refractivity contribution in [3.05, 3.63) is 29.8 Å². The third kappa shape index (κ3) is 2.11. The normalized spacial score (nSPS) is 24.8. The maximum absolute atomic E-state index is 9.67. The van der Waals surface area contributed by atoms with E-state index in [1.54, 1.807) is 6.07 Å². The maximum Gasteiger partial charge on any atom is 0.101 e. The molecule has 3 heteroatoms. The average Bonchev–Trinajstić information content (AvgIpc) is 2.65. The highest BCUT2D eigenvalue weighted by molar-refractivity contribution is 5.57. The summed E-state index contributed by atoms with van der Waals surface area (Å²) in [4.78, 5) is 0. The SMILES string of the molecule is N#Cc1ccccc1NC1CCCC1O. The number of benzene rings is 1. The van der Waals surface area contributed by atoms with E-state index in [0.29, 0.717) is 5.56 Å². The number of nitriles is 1. The van der Waals surface area contributed by atoms with Crippen LogP contribution in [0, 0.1) is 11.3 Å². The molecule has 0 bridgehead atoms. The van der Waals surface area contributed by atoms with E-state index in [0.717, 1.165) is 24.9 Å². The molecule has 1 aromatic carbocycles. The molecule has 78 valence electrons. The Morgan fingerprint density at radius 3 is 2.80 bits per heavy atom. The molecule has 2 unspecified atom stereocenters. The molecule has 2 rings (SSSR count). The van der Waals surface area contributed by atoms with E-state index < -0.39 is 0 Å². The zero-order chi connectivity index (χ0) is 10.7. The van der Waals surface area contributed by atoms with Crippen molar-refractivity contribution >= 4 is 5.69 Å². The Balaban J connectivity index is 2.14. The van der Waals surface area contributed by atoms with Crippen LogP contribution in [0.25, 0.3) is 0 Å². The summed E-state index contributed by atoms with van der Waals surface area (Å²) in [5.74, 6) is 0. The molecule has 0 radical (unpaired) electrons. The fourth-order valence-corrected chi connectivity index (χ4v) is 2.02. The minimum absolute atomic E-state index is 0.0968. The number of rotatable bonds is 2. The fourth-order valence-electron chi connectivity index (χ4n) is 2.02. The van der Waals surface area contributed by atoms with E-state index in [1.807, 2.05) is 18.2 Å². The van der Waals surface area contributed by atoms with Gasteiger partial charge >= 0.3 is 0 Å². The summed E-state index contributed by atoms with van der Waals surface area (Å²) >= 11 is 0. The minimum Gasteiger partial charge on any atom is -0.391 e. The molecule has 0 aromatic heterocycles. The second kappa shape index (κ2) is 4.33. The lowest BCUT2D eigenvalue weighted by atomic mass is 10.1. The van der Waals surface area contributed by atoms with Crippen LogP contribution in [0.5, 0.6) is 0 Å². The number of nitrogens with one attached hydrogen (secondary N) is 1. The molecule has 1 aliphatic carbocycles. The number of para-hydroxylation sites is 1. The van der Waals surface area contributed by atoms with E-state index in [2.05, 4.69) is 11.4 Å². The third-order valence-corrected chi connectivity index (χ3v) is 2.87. The van der Waals surface area contributed by atoms with Gasteiger partial charge in [-0.25, -0.2) is 0 Å². The molecule has 0 heterocycles. The first-order valence-electron chi connectivity index (χ1n) is 5.25. The van der Waals surface area contributed by atoms with Gasteiger partial charge in [-0.15, -0.1) is 0 Å². The van der Waals surface area contributed by atoms with E-state index in [-0.39, 0.29) is 12.1 Å². The summed E-state index contributed by atoms with van der Waals surface area (Å²) in [6, 6.07) is 9.63. The van der Waals surface area contributed by atoms with Gasteiger partial charge in [0.05, 0.1) is 23.4 Å². The second-order valence-electron chi connectivity index (χ2n) is 3.91. The quantitative estimate of drug-likeness (QED) is 0.770. The molecular weight excluding hydrogens is 188 g/mol. The smallest absolute Gasteiger partial charge is 0.101 e. The molecule has 1 fully saturated rings. The predicted molar refractivity (Wildman–Crippen MR) is 58.4 cm³/mol. The first-order valence-corrected chi connectivity index (χ1v) is 5.25. The molecule has 0 amide bonds. The van der Waals surface area contributed by atoms with Gasteiger partial charge in [-0.3, -0.25) is 0 Å². The lowest BCUT2D eigenvalue weighted by Gasteiger charge is -2.18. The number of hydrogen-bond donors (Lipinski definition) is 2. The van der Waals surface area contributed by atoms with E-state index in [9.17, 15) is 5.11 Å². The van der Waals surface area contributed by atoms with Crippen molar-refractivity contribution in [1.29, 1.82) is 5.26 Å².